The molecule has 1 heterocycles. The van der Waals surface area contributed by atoms with Crippen molar-refractivity contribution in [2.45, 2.75) is 6.04 Å². The molecule has 144 valence electrons. The number of carbonyl (C=O) groups excluding carboxylic acids is 2. The van der Waals surface area contributed by atoms with E-state index in [4.69, 9.17) is 11.6 Å². The van der Waals surface area contributed by atoms with Crippen LogP contribution < -0.4 is 4.90 Å². The van der Waals surface area contributed by atoms with Crippen molar-refractivity contribution in [1.29, 1.82) is 0 Å². The second-order valence-corrected chi connectivity index (χ2v) is 6.97. The van der Waals surface area contributed by atoms with Gasteiger partial charge in [-0.25, -0.2) is 4.39 Å². The van der Waals surface area contributed by atoms with E-state index < -0.39 is 23.5 Å². The second-order valence-electron chi connectivity index (χ2n) is 6.53. The topological polar surface area (TPSA) is 57.6 Å². The lowest BCUT2D eigenvalue weighted by molar-refractivity contribution is -0.132. The van der Waals surface area contributed by atoms with Crippen molar-refractivity contribution >= 4 is 34.7 Å². The van der Waals surface area contributed by atoms with E-state index in [1.807, 2.05) is 0 Å². The summed E-state index contributed by atoms with van der Waals surface area (Å²) in [5.41, 5.74) is 0.681. The maximum absolute atomic E-state index is 14.7. The molecule has 1 atom stereocenters. The Kier molecular flexibility index (Phi) is 4.91. The lowest BCUT2D eigenvalue weighted by atomic mass is 9.95. The van der Waals surface area contributed by atoms with Crippen molar-refractivity contribution in [1.82, 2.24) is 0 Å². The lowest BCUT2D eigenvalue weighted by Gasteiger charge is -2.25. The Morgan fingerprint density at radius 2 is 1.52 bits per heavy atom. The first-order valence-corrected chi connectivity index (χ1v) is 9.23. The molecule has 3 aromatic carbocycles. The molecule has 0 bridgehead atoms. The third kappa shape index (κ3) is 3.30. The first kappa shape index (κ1) is 18.9. The molecule has 1 aliphatic rings. The number of hydrogen-bond acceptors (Lipinski definition) is 3. The van der Waals surface area contributed by atoms with E-state index in [-0.39, 0.29) is 16.9 Å². The highest BCUT2D eigenvalue weighted by atomic mass is 35.5. The predicted octanol–water partition coefficient (Wildman–Crippen LogP) is 5.11. The number of aliphatic hydroxyl groups excluding tert-OH is 1. The van der Waals surface area contributed by atoms with E-state index in [1.165, 1.54) is 23.1 Å². The molecule has 1 fully saturated rings. The highest BCUT2D eigenvalue weighted by Crippen LogP contribution is 2.42. The van der Waals surface area contributed by atoms with Gasteiger partial charge in [-0.05, 0) is 30.3 Å². The van der Waals surface area contributed by atoms with E-state index in [1.54, 1.807) is 60.7 Å². The Labute approximate surface area is 171 Å². The third-order valence-corrected chi connectivity index (χ3v) is 5.05. The number of Topliss-reactive ketones (excluding diaryl/α,β-unsaturated/α-hetero) is 1. The quantitative estimate of drug-likeness (QED) is 0.373. The Hall–Kier alpha value is -3.44. The summed E-state index contributed by atoms with van der Waals surface area (Å²) in [6, 6.07) is 19.4. The van der Waals surface area contributed by atoms with Crippen LogP contribution in [0.3, 0.4) is 0 Å². The van der Waals surface area contributed by atoms with Crippen LogP contribution in [-0.4, -0.2) is 16.8 Å². The maximum Gasteiger partial charge on any atom is 0.300 e. The first-order valence-electron chi connectivity index (χ1n) is 8.85. The molecule has 1 saturated heterocycles. The van der Waals surface area contributed by atoms with Gasteiger partial charge in [0, 0.05) is 21.8 Å². The molecule has 1 N–H and O–H groups in total. The van der Waals surface area contributed by atoms with Crippen molar-refractivity contribution < 1.29 is 19.1 Å². The van der Waals surface area contributed by atoms with Crippen molar-refractivity contribution in [3.8, 4) is 0 Å². The molecule has 1 amide bonds. The highest BCUT2D eigenvalue weighted by Gasteiger charge is 2.47. The summed E-state index contributed by atoms with van der Waals surface area (Å²) in [6.45, 7) is 0. The van der Waals surface area contributed by atoms with Gasteiger partial charge in [0.25, 0.3) is 11.7 Å². The molecule has 4 rings (SSSR count). The number of aliphatic hydroxyl groups is 1. The molecule has 1 aliphatic heterocycles. The van der Waals surface area contributed by atoms with E-state index in [2.05, 4.69) is 0 Å². The molecule has 0 unspecified atom stereocenters. The van der Waals surface area contributed by atoms with Crippen LogP contribution in [0.5, 0.6) is 0 Å². The van der Waals surface area contributed by atoms with Crippen LogP contribution in [0.15, 0.2) is 84.4 Å². The minimum atomic E-state index is -1.11. The Bertz CT molecular complexity index is 1130. The van der Waals surface area contributed by atoms with Crippen LogP contribution in [0.25, 0.3) is 5.76 Å². The largest absolute Gasteiger partial charge is 0.507 e. The van der Waals surface area contributed by atoms with E-state index in [0.717, 1.165) is 0 Å². The zero-order valence-corrected chi connectivity index (χ0v) is 15.8. The van der Waals surface area contributed by atoms with Crippen LogP contribution in [0.4, 0.5) is 10.1 Å². The van der Waals surface area contributed by atoms with Gasteiger partial charge < -0.3 is 5.11 Å². The smallest absolute Gasteiger partial charge is 0.300 e. The van der Waals surface area contributed by atoms with E-state index in [9.17, 15) is 19.1 Å². The van der Waals surface area contributed by atoms with Crippen LogP contribution >= 0.6 is 11.6 Å². The number of hydrogen-bond donors (Lipinski definition) is 1. The summed E-state index contributed by atoms with van der Waals surface area (Å²) in [4.78, 5) is 27.0. The first-order chi connectivity index (χ1) is 14.0. The molecule has 0 aromatic heterocycles. The molecule has 0 spiro atoms. The van der Waals surface area contributed by atoms with Crippen molar-refractivity contribution in [3.63, 3.8) is 0 Å². The normalized spacial score (nSPS) is 18.3. The van der Waals surface area contributed by atoms with Gasteiger partial charge in [-0.3, -0.25) is 14.5 Å². The second kappa shape index (κ2) is 7.53. The zero-order chi connectivity index (χ0) is 20.5. The van der Waals surface area contributed by atoms with Crippen LogP contribution in [0.2, 0.25) is 5.02 Å². The van der Waals surface area contributed by atoms with Crippen LogP contribution in [0.1, 0.15) is 17.2 Å². The standard InChI is InChI=1S/C23H15ClFNO3/c24-15-10-12-16(13-11-15)26-20(17-8-4-5-9-18(17)25)19(22(28)23(26)29)21(27)14-6-2-1-3-7-14/h1-13,20,27H/t20-/m0/s1. The molecule has 29 heavy (non-hydrogen) atoms. The number of carbonyl (C=O) groups is 2. The van der Waals surface area contributed by atoms with Gasteiger partial charge in [-0.2, -0.15) is 0 Å². The average Bonchev–Trinajstić information content (AvgIpc) is 3.00. The van der Waals surface area contributed by atoms with Gasteiger partial charge in [-0.1, -0.05) is 60.1 Å². The third-order valence-electron chi connectivity index (χ3n) is 4.80. The Morgan fingerprint density at radius 1 is 0.897 bits per heavy atom. The molecular weight excluding hydrogens is 393 g/mol. The molecular formula is C23H15ClFNO3. The van der Waals surface area contributed by atoms with Crippen molar-refractivity contribution in [2.75, 3.05) is 4.90 Å². The van der Waals surface area contributed by atoms with Gasteiger partial charge in [0.2, 0.25) is 0 Å². The molecule has 4 nitrogen and oxygen atoms in total. The highest BCUT2D eigenvalue weighted by molar-refractivity contribution is 6.51. The van der Waals surface area contributed by atoms with E-state index in [0.29, 0.717) is 16.3 Å². The van der Waals surface area contributed by atoms with Crippen LogP contribution in [-0.2, 0) is 9.59 Å². The Morgan fingerprint density at radius 3 is 2.17 bits per heavy atom. The summed E-state index contributed by atoms with van der Waals surface area (Å²) >= 11 is 5.94. The summed E-state index contributed by atoms with van der Waals surface area (Å²) in [5, 5.41) is 11.3. The SMILES string of the molecule is O=C1C(=O)N(c2ccc(Cl)cc2)[C@@H](c2ccccc2F)C1=C(O)c1ccccc1. The summed E-state index contributed by atoms with van der Waals surface area (Å²) in [7, 11) is 0. The monoisotopic (exact) mass is 407 g/mol. The maximum atomic E-state index is 14.7. The number of nitrogens with zero attached hydrogens (tertiary/aromatic N) is 1. The number of rotatable bonds is 3. The molecule has 0 aliphatic carbocycles. The molecule has 3 aromatic rings. The van der Waals surface area contributed by atoms with Gasteiger partial charge in [-0.15, -0.1) is 0 Å². The Balaban J connectivity index is 1.97. The van der Waals surface area contributed by atoms with Gasteiger partial charge in [0.1, 0.15) is 11.6 Å². The molecule has 0 saturated carbocycles. The zero-order valence-electron chi connectivity index (χ0n) is 15.0. The number of benzene rings is 3. The van der Waals surface area contributed by atoms with Gasteiger partial charge in [0.15, 0.2) is 0 Å². The molecule has 0 radical (unpaired) electrons. The summed E-state index contributed by atoms with van der Waals surface area (Å²) in [6.07, 6.45) is 0. The minimum Gasteiger partial charge on any atom is -0.507 e. The molecule has 6 heteroatoms. The fraction of sp³-hybridized carbons (Fsp3) is 0.0435. The number of amides is 1. The van der Waals surface area contributed by atoms with Crippen LogP contribution in [0, 0.1) is 5.82 Å². The fourth-order valence-electron chi connectivity index (χ4n) is 3.44. The number of anilines is 1. The lowest BCUT2D eigenvalue weighted by Crippen LogP contribution is -2.29. The fourth-order valence-corrected chi connectivity index (χ4v) is 3.57. The van der Waals surface area contributed by atoms with Crippen molar-refractivity contribution in [2.24, 2.45) is 0 Å². The average molecular weight is 408 g/mol. The summed E-state index contributed by atoms with van der Waals surface area (Å²) in [5.74, 6) is -2.67. The van der Waals surface area contributed by atoms with Gasteiger partial charge in [0.05, 0.1) is 11.6 Å². The van der Waals surface area contributed by atoms with Gasteiger partial charge >= 0.3 is 0 Å². The number of halogens is 2. The minimum absolute atomic E-state index is 0.110. The summed E-state index contributed by atoms with van der Waals surface area (Å²) < 4.78 is 14.7. The van der Waals surface area contributed by atoms with Crippen molar-refractivity contribution in [3.05, 3.63) is 106 Å². The number of ketones is 1. The van der Waals surface area contributed by atoms with E-state index >= 15 is 0 Å². The predicted molar refractivity (Wildman–Crippen MR) is 109 cm³/mol.